The van der Waals surface area contributed by atoms with Crippen LogP contribution in [0.25, 0.3) is 5.69 Å². The van der Waals surface area contributed by atoms with Crippen molar-refractivity contribution in [3.63, 3.8) is 0 Å². The summed E-state index contributed by atoms with van der Waals surface area (Å²) in [7, 11) is 1.58. The van der Waals surface area contributed by atoms with E-state index in [1.165, 1.54) is 16.4 Å². The lowest BCUT2D eigenvalue weighted by Gasteiger charge is -2.08. The zero-order valence-corrected chi connectivity index (χ0v) is 16.7. The highest BCUT2D eigenvalue weighted by molar-refractivity contribution is 7.99. The molecule has 0 atom stereocenters. The van der Waals surface area contributed by atoms with Crippen molar-refractivity contribution in [3.05, 3.63) is 53.6 Å². The van der Waals surface area contributed by atoms with E-state index in [0.29, 0.717) is 22.2 Å². The third kappa shape index (κ3) is 4.64. The summed E-state index contributed by atoms with van der Waals surface area (Å²) in [5.41, 5.74) is 3.63. The molecule has 0 aliphatic heterocycles. The second-order valence-electron chi connectivity index (χ2n) is 6.24. The van der Waals surface area contributed by atoms with Crippen LogP contribution in [0.5, 0.6) is 11.7 Å². The number of hydrogen-bond donors (Lipinski definition) is 1. The lowest BCUT2D eigenvalue weighted by Crippen LogP contribution is -2.34. The summed E-state index contributed by atoms with van der Waals surface area (Å²) in [5.74, 6) is 0.478. The average molecular weight is 399 g/mol. The highest BCUT2D eigenvalue weighted by atomic mass is 32.2. The van der Waals surface area contributed by atoms with Gasteiger partial charge in [0.05, 0.1) is 12.4 Å². The highest BCUT2D eigenvalue weighted by Crippen LogP contribution is 2.25. The topological polar surface area (TPSA) is 91.3 Å². The molecule has 0 aliphatic carbocycles. The van der Waals surface area contributed by atoms with Crippen LogP contribution in [0.2, 0.25) is 0 Å². The Morgan fingerprint density at radius 3 is 2.68 bits per heavy atom. The fraction of sp³-hybridized carbons (Fsp3) is 0.250. The Hall–Kier alpha value is -3.00. The van der Waals surface area contributed by atoms with Crippen LogP contribution in [-0.2, 0) is 4.79 Å². The standard InChI is InChI=1S/C20H21N3O4S/c1-13-4-9-17(14(2)12-13)21-18(24)10-11-28-19-20(25)27-22-23(19)15-5-7-16(26-3)8-6-15/h4-9,12H,10-11H2,1-3H3,(H-,21,22,24,25). The second-order valence-corrected chi connectivity index (χ2v) is 7.32. The SMILES string of the molecule is COc1ccc(-[n+]2noc([O-])c2SCCC(=O)Nc2ccc(C)cc2C)cc1. The maximum Gasteiger partial charge on any atom is 0.297 e. The lowest BCUT2D eigenvalue weighted by atomic mass is 10.1. The highest BCUT2D eigenvalue weighted by Gasteiger charge is 2.21. The van der Waals surface area contributed by atoms with Gasteiger partial charge < -0.3 is 19.7 Å². The van der Waals surface area contributed by atoms with E-state index in [1.54, 1.807) is 31.4 Å². The molecule has 1 amide bonds. The first-order valence-electron chi connectivity index (χ1n) is 8.71. The van der Waals surface area contributed by atoms with Crippen LogP contribution < -0.4 is 19.8 Å². The summed E-state index contributed by atoms with van der Waals surface area (Å²) in [4.78, 5) is 12.2. The quantitative estimate of drug-likeness (QED) is 0.485. The molecule has 0 saturated carbocycles. The van der Waals surface area contributed by atoms with Gasteiger partial charge in [0, 0.05) is 30.0 Å². The number of carbonyl (C=O) groups excluding carboxylic acids is 1. The average Bonchev–Trinajstić information content (AvgIpc) is 3.05. The molecule has 146 valence electrons. The molecule has 2 aromatic carbocycles. The van der Waals surface area contributed by atoms with Gasteiger partial charge in [-0.2, -0.15) is 0 Å². The molecule has 7 nitrogen and oxygen atoms in total. The van der Waals surface area contributed by atoms with Crippen LogP contribution in [0.4, 0.5) is 5.69 Å². The largest absolute Gasteiger partial charge is 0.538 e. The molecule has 0 bridgehead atoms. The number of aromatic nitrogens is 2. The van der Waals surface area contributed by atoms with Gasteiger partial charge in [0.1, 0.15) is 5.75 Å². The maximum absolute atomic E-state index is 12.2. The van der Waals surface area contributed by atoms with Crippen LogP contribution in [0, 0.1) is 13.8 Å². The zero-order valence-electron chi connectivity index (χ0n) is 15.9. The van der Waals surface area contributed by atoms with Crippen LogP contribution in [0.3, 0.4) is 0 Å². The number of thioether (sulfide) groups is 1. The van der Waals surface area contributed by atoms with E-state index < -0.39 is 5.95 Å². The third-order valence-corrected chi connectivity index (χ3v) is 5.13. The molecule has 8 heteroatoms. The smallest absolute Gasteiger partial charge is 0.297 e. The van der Waals surface area contributed by atoms with E-state index in [4.69, 9.17) is 9.26 Å². The minimum Gasteiger partial charge on any atom is -0.538 e. The molecule has 28 heavy (non-hydrogen) atoms. The first-order valence-corrected chi connectivity index (χ1v) is 9.70. The van der Waals surface area contributed by atoms with Gasteiger partial charge in [-0.25, -0.2) is 0 Å². The number of ether oxygens (including phenoxy) is 1. The van der Waals surface area contributed by atoms with Crippen molar-refractivity contribution in [3.8, 4) is 17.4 Å². The summed E-state index contributed by atoms with van der Waals surface area (Å²) in [6.07, 6.45) is 0.255. The minimum absolute atomic E-state index is 0.112. The molecule has 0 unspecified atom stereocenters. The predicted molar refractivity (Wildman–Crippen MR) is 104 cm³/mol. The van der Waals surface area contributed by atoms with Crippen molar-refractivity contribution in [1.29, 1.82) is 0 Å². The van der Waals surface area contributed by atoms with Crippen LogP contribution >= 0.6 is 11.8 Å². The predicted octanol–water partition coefficient (Wildman–Crippen LogP) is 2.77. The normalized spacial score (nSPS) is 10.7. The van der Waals surface area contributed by atoms with Gasteiger partial charge in [-0.1, -0.05) is 29.5 Å². The monoisotopic (exact) mass is 399 g/mol. The summed E-state index contributed by atoms with van der Waals surface area (Å²) >= 11 is 1.23. The molecule has 1 heterocycles. The van der Waals surface area contributed by atoms with Crippen LogP contribution in [0.15, 0.2) is 52.0 Å². The van der Waals surface area contributed by atoms with E-state index in [2.05, 4.69) is 10.6 Å². The number of aryl methyl sites for hydroxylation is 2. The van der Waals surface area contributed by atoms with Crippen molar-refractivity contribution in [2.24, 2.45) is 0 Å². The van der Waals surface area contributed by atoms with E-state index >= 15 is 0 Å². The van der Waals surface area contributed by atoms with Crippen LogP contribution in [0.1, 0.15) is 17.5 Å². The summed E-state index contributed by atoms with van der Waals surface area (Å²) in [6, 6.07) is 13.0. The number of carbonyl (C=O) groups is 1. The number of hydrogen-bond acceptors (Lipinski definition) is 6. The van der Waals surface area contributed by atoms with Gasteiger partial charge in [0.2, 0.25) is 11.6 Å². The lowest BCUT2D eigenvalue weighted by molar-refractivity contribution is -0.705. The van der Waals surface area contributed by atoms with Crippen molar-refractivity contribution in [2.45, 2.75) is 25.3 Å². The van der Waals surface area contributed by atoms with Crippen LogP contribution in [-0.4, -0.2) is 24.0 Å². The summed E-state index contributed by atoms with van der Waals surface area (Å²) < 4.78 is 11.3. The van der Waals surface area contributed by atoms with Crippen molar-refractivity contribution in [1.82, 2.24) is 5.27 Å². The van der Waals surface area contributed by atoms with Gasteiger partial charge in [0.15, 0.2) is 5.95 Å². The Balaban J connectivity index is 1.61. The molecule has 0 saturated heterocycles. The van der Waals surface area contributed by atoms with Gasteiger partial charge in [0.25, 0.3) is 5.03 Å². The van der Waals surface area contributed by atoms with Gasteiger partial charge in [-0.15, -0.1) is 0 Å². The summed E-state index contributed by atoms with van der Waals surface area (Å²) in [5, 5.41) is 19.0. The third-order valence-electron chi connectivity index (χ3n) is 4.11. The Bertz CT molecular complexity index is 970. The first-order chi connectivity index (χ1) is 13.5. The molecule has 1 N–H and O–H groups in total. The number of anilines is 1. The van der Waals surface area contributed by atoms with Gasteiger partial charge >= 0.3 is 0 Å². The number of rotatable bonds is 7. The molecule has 1 aromatic heterocycles. The molecule has 0 radical (unpaired) electrons. The molecule has 0 fully saturated rings. The van der Waals surface area contributed by atoms with Crippen molar-refractivity contribution < 1.29 is 23.8 Å². The van der Waals surface area contributed by atoms with E-state index in [0.717, 1.165) is 16.8 Å². The maximum atomic E-state index is 12.2. The van der Waals surface area contributed by atoms with E-state index in [9.17, 15) is 9.90 Å². The van der Waals surface area contributed by atoms with Gasteiger partial charge in [-0.3, -0.25) is 4.79 Å². The molecular weight excluding hydrogens is 378 g/mol. The van der Waals surface area contributed by atoms with Crippen molar-refractivity contribution >= 4 is 23.4 Å². The van der Waals surface area contributed by atoms with E-state index in [1.807, 2.05) is 32.0 Å². The number of nitrogens with one attached hydrogen (secondary N) is 1. The molecule has 0 spiro atoms. The molecule has 3 rings (SSSR count). The number of amides is 1. The minimum atomic E-state index is -0.532. The second kappa shape index (κ2) is 8.79. The Morgan fingerprint density at radius 1 is 1.25 bits per heavy atom. The number of benzene rings is 2. The summed E-state index contributed by atoms with van der Waals surface area (Å²) in [6.45, 7) is 3.96. The zero-order chi connectivity index (χ0) is 20.1. The van der Waals surface area contributed by atoms with Gasteiger partial charge in [-0.05, 0) is 42.3 Å². The van der Waals surface area contributed by atoms with E-state index in [-0.39, 0.29) is 12.3 Å². The Labute approximate surface area is 167 Å². The molecular formula is C20H21N3O4S. The number of nitrogens with zero attached hydrogens (tertiary/aromatic N) is 2. The number of methoxy groups -OCH3 is 1. The first kappa shape index (κ1) is 19.8. The fourth-order valence-electron chi connectivity index (χ4n) is 2.66. The molecule has 3 aromatic rings. The van der Waals surface area contributed by atoms with Crippen molar-refractivity contribution in [2.75, 3.05) is 18.2 Å². The fourth-order valence-corrected chi connectivity index (χ4v) is 3.55. The Morgan fingerprint density at radius 2 is 2.00 bits per heavy atom. The molecule has 0 aliphatic rings. The Kier molecular flexibility index (Phi) is 6.20.